The molecule has 2 amide bonds. The van der Waals surface area contributed by atoms with Crippen molar-refractivity contribution in [2.45, 2.75) is 20.3 Å². The number of carbonyl (C=O) groups excluding carboxylic acids is 2. The maximum absolute atomic E-state index is 12.1. The van der Waals surface area contributed by atoms with E-state index in [9.17, 15) is 9.59 Å². The van der Waals surface area contributed by atoms with Crippen LogP contribution in [-0.4, -0.2) is 26.0 Å². The fourth-order valence-corrected chi connectivity index (χ4v) is 2.33. The third-order valence-electron chi connectivity index (χ3n) is 3.66. The van der Waals surface area contributed by atoms with E-state index in [2.05, 4.69) is 10.6 Å². The van der Waals surface area contributed by atoms with Crippen LogP contribution in [0.3, 0.4) is 0 Å². The minimum atomic E-state index is -0.407. The van der Waals surface area contributed by atoms with E-state index in [4.69, 9.17) is 9.47 Å². The molecule has 2 N–H and O–H groups in total. The molecule has 0 aromatic heterocycles. The summed E-state index contributed by atoms with van der Waals surface area (Å²) in [4.78, 5) is 24.2. The monoisotopic (exact) mass is 342 g/mol. The predicted octanol–water partition coefficient (Wildman–Crippen LogP) is 3.29. The van der Waals surface area contributed by atoms with E-state index in [1.54, 1.807) is 18.2 Å². The van der Waals surface area contributed by atoms with Gasteiger partial charge in [-0.15, -0.1) is 0 Å². The Hall–Kier alpha value is -3.02. The number of hydrogen-bond donors (Lipinski definition) is 2. The van der Waals surface area contributed by atoms with Crippen molar-refractivity contribution in [1.29, 1.82) is 0 Å². The number of hydrogen-bond acceptors (Lipinski definition) is 4. The molecular weight excluding hydrogens is 320 g/mol. The molecule has 0 fully saturated rings. The lowest BCUT2D eigenvalue weighted by atomic mass is 10.1. The van der Waals surface area contributed by atoms with Crippen molar-refractivity contribution in [3.63, 3.8) is 0 Å². The second-order valence-corrected chi connectivity index (χ2v) is 5.66. The average molecular weight is 342 g/mol. The Kier molecular flexibility index (Phi) is 6.00. The van der Waals surface area contributed by atoms with Gasteiger partial charge in [-0.25, -0.2) is 0 Å². The highest BCUT2D eigenvalue weighted by atomic mass is 16.5. The van der Waals surface area contributed by atoms with Crippen molar-refractivity contribution in [3.05, 3.63) is 47.5 Å². The Morgan fingerprint density at radius 3 is 2.24 bits per heavy atom. The summed E-state index contributed by atoms with van der Waals surface area (Å²) in [5.41, 5.74) is 3.22. The van der Waals surface area contributed by atoms with Crippen LogP contribution in [0.15, 0.2) is 36.4 Å². The maximum atomic E-state index is 12.1. The number of rotatable bonds is 6. The Labute approximate surface area is 147 Å². The molecule has 2 rings (SSSR count). The molecule has 0 saturated heterocycles. The van der Waals surface area contributed by atoms with E-state index in [-0.39, 0.29) is 12.3 Å². The molecule has 6 nitrogen and oxygen atoms in total. The van der Waals surface area contributed by atoms with Gasteiger partial charge in [-0.3, -0.25) is 9.59 Å². The largest absolute Gasteiger partial charge is 0.493 e. The van der Waals surface area contributed by atoms with Gasteiger partial charge < -0.3 is 20.1 Å². The van der Waals surface area contributed by atoms with Gasteiger partial charge in [0.2, 0.25) is 11.8 Å². The van der Waals surface area contributed by atoms with E-state index in [1.165, 1.54) is 14.2 Å². The summed E-state index contributed by atoms with van der Waals surface area (Å²) in [5, 5.41) is 5.44. The van der Waals surface area contributed by atoms with Gasteiger partial charge in [-0.1, -0.05) is 12.1 Å². The number of anilines is 2. The predicted molar refractivity (Wildman–Crippen MR) is 97.3 cm³/mol. The molecule has 0 heterocycles. The van der Waals surface area contributed by atoms with Gasteiger partial charge in [0.15, 0.2) is 11.5 Å². The first kappa shape index (κ1) is 18.3. The van der Waals surface area contributed by atoms with Crippen LogP contribution in [0.2, 0.25) is 0 Å². The van der Waals surface area contributed by atoms with Gasteiger partial charge in [0.05, 0.1) is 14.2 Å². The summed E-state index contributed by atoms with van der Waals surface area (Å²) in [6, 6.07) is 10.8. The highest BCUT2D eigenvalue weighted by molar-refractivity contribution is 6.08. The second kappa shape index (κ2) is 8.19. The van der Waals surface area contributed by atoms with Gasteiger partial charge in [-0.2, -0.15) is 0 Å². The standard InChI is InChI=1S/C19H22N2O4/c1-12-5-6-13(2)15(9-12)21-19(23)11-18(22)20-14-7-8-16(24-3)17(10-14)25-4/h5-10H,11H2,1-4H3,(H,20,22)(H,21,23). The van der Waals surface area contributed by atoms with Crippen LogP contribution < -0.4 is 20.1 Å². The van der Waals surface area contributed by atoms with Crippen molar-refractivity contribution in [2.24, 2.45) is 0 Å². The van der Waals surface area contributed by atoms with E-state index in [0.29, 0.717) is 22.9 Å². The fourth-order valence-electron chi connectivity index (χ4n) is 2.33. The average Bonchev–Trinajstić information content (AvgIpc) is 2.57. The molecule has 0 bridgehead atoms. The molecule has 132 valence electrons. The summed E-state index contributed by atoms with van der Waals surface area (Å²) >= 11 is 0. The van der Waals surface area contributed by atoms with Crippen molar-refractivity contribution in [1.82, 2.24) is 0 Å². The molecule has 0 unspecified atom stereocenters. The lowest BCUT2D eigenvalue weighted by Crippen LogP contribution is -2.21. The first-order valence-electron chi connectivity index (χ1n) is 7.82. The van der Waals surface area contributed by atoms with Crippen LogP contribution in [-0.2, 0) is 9.59 Å². The molecule has 2 aromatic carbocycles. The summed E-state index contributed by atoms with van der Waals surface area (Å²) in [5.74, 6) is 0.287. The van der Waals surface area contributed by atoms with Gasteiger partial charge in [0.25, 0.3) is 0 Å². The molecule has 6 heteroatoms. The second-order valence-electron chi connectivity index (χ2n) is 5.66. The van der Waals surface area contributed by atoms with Crippen LogP contribution in [0.5, 0.6) is 11.5 Å². The smallest absolute Gasteiger partial charge is 0.233 e. The Morgan fingerprint density at radius 2 is 1.56 bits per heavy atom. The molecular formula is C19H22N2O4. The molecule has 0 aliphatic heterocycles. The molecule has 0 aliphatic rings. The van der Waals surface area contributed by atoms with Crippen LogP contribution in [0.1, 0.15) is 17.5 Å². The first-order chi connectivity index (χ1) is 11.9. The normalized spacial score (nSPS) is 10.1. The SMILES string of the molecule is COc1ccc(NC(=O)CC(=O)Nc2cc(C)ccc2C)cc1OC. The number of ether oxygens (including phenoxy) is 2. The maximum Gasteiger partial charge on any atom is 0.233 e. The summed E-state index contributed by atoms with van der Waals surface area (Å²) in [6.07, 6.45) is -0.276. The Balaban J connectivity index is 1.97. The van der Waals surface area contributed by atoms with Gasteiger partial charge in [-0.05, 0) is 43.2 Å². The Morgan fingerprint density at radius 1 is 0.880 bits per heavy atom. The highest BCUT2D eigenvalue weighted by Gasteiger charge is 2.12. The van der Waals surface area contributed by atoms with Crippen molar-refractivity contribution in [2.75, 3.05) is 24.9 Å². The zero-order chi connectivity index (χ0) is 18.4. The van der Waals surface area contributed by atoms with Crippen molar-refractivity contribution < 1.29 is 19.1 Å². The Bertz CT molecular complexity index is 787. The highest BCUT2D eigenvalue weighted by Crippen LogP contribution is 2.29. The third kappa shape index (κ3) is 4.97. The number of amides is 2. The number of benzene rings is 2. The van der Waals surface area contributed by atoms with Crippen LogP contribution in [0.25, 0.3) is 0 Å². The van der Waals surface area contributed by atoms with Gasteiger partial charge >= 0.3 is 0 Å². The molecule has 2 aromatic rings. The molecule has 25 heavy (non-hydrogen) atoms. The van der Waals surface area contributed by atoms with Crippen molar-refractivity contribution >= 4 is 23.2 Å². The first-order valence-corrected chi connectivity index (χ1v) is 7.82. The lowest BCUT2D eigenvalue weighted by Gasteiger charge is -2.11. The summed E-state index contributed by atoms with van der Waals surface area (Å²) in [7, 11) is 3.05. The molecule has 0 spiro atoms. The number of carbonyl (C=O) groups is 2. The van der Waals surface area contributed by atoms with Crippen molar-refractivity contribution in [3.8, 4) is 11.5 Å². The minimum Gasteiger partial charge on any atom is -0.493 e. The van der Waals surface area contributed by atoms with E-state index >= 15 is 0 Å². The minimum absolute atomic E-state index is 0.276. The molecule has 0 saturated carbocycles. The van der Waals surface area contributed by atoms with Gasteiger partial charge in [0.1, 0.15) is 6.42 Å². The van der Waals surface area contributed by atoms with Gasteiger partial charge in [0, 0.05) is 17.4 Å². The lowest BCUT2D eigenvalue weighted by molar-refractivity contribution is -0.123. The summed E-state index contributed by atoms with van der Waals surface area (Å²) in [6.45, 7) is 3.84. The number of nitrogens with one attached hydrogen (secondary N) is 2. The number of aryl methyl sites for hydroxylation is 2. The molecule has 0 radical (unpaired) electrons. The summed E-state index contributed by atoms with van der Waals surface area (Å²) < 4.78 is 10.3. The number of methoxy groups -OCH3 is 2. The van der Waals surface area contributed by atoms with Crippen LogP contribution in [0.4, 0.5) is 11.4 Å². The fraction of sp³-hybridized carbons (Fsp3) is 0.263. The van der Waals surface area contributed by atoms with Crippen LogP contribution >= 0.6 is 0 Å². The zero-order valence-electron chi connectivity index (χ0n) is 14.8. The van der Waals surface area contributed by atoms with E-state index in [0.717, 1.165) is 11.1 Å². The van der Waals surface area contributed by atoms with E-state index < -0.39 is 5.91 Å². The topological polar surface area (TPSA) is 76.7 Å². The third-order valence-corrected chi connectivity index (χ3v) is 3.66. The molecule has 0 atom stereocenters. The van der Waals surface area contributed by atoms with E-state index in [1.807, 2.05) is 32.0 Å². The zero-order valence-corrected chi connectivity index (χ0v) is 14.8. The van der Waals surface area contributed by atoms with Crippen LogP contribution in [0, 0.1) is 13.8 Å². The molecule has 0 aliphatic carbocycles. The quantitative estimate of drug-likeness (QED) is 0.790.